The number of carbonyl (C=O) groups excluding carboxylic acids is 2. The molecule has 0 unspecified atom stereocenters. The Morgan fingerprint density at radius 1 is 1.24 bits per heavy atom. The standard InChI is InChI=1S/C17H24N2O2/c1-13-7-9-15(10-8-13)12-18-17(21)14(2)19-11-5-3-4-6-16(19)20/h7-10,14H,3-6,11-12H2,1-2H3,(H,18,21)/t14-/m0/s1. The van der Waals surface area contributed by atoms with E-state index < -0.39 is 0 Å². The van der Waals surface area contributed by atoms with E-state index in [0.717, 1.165) is 24.8 Å². The molecule has 0 radical (unpaired) electrons. The molecular weight excluding hydrogens is 264 g/mol. The lowest BCUT2D eigenvalue weighted by Gasteiger charge is -2.27. The van der Waals surface area contributed by atoms with Gasteiger partial charge in [-0.25, -0.2) is 0 Å². The van der Waals surface area contributed by atoms with Gasteiger partial charge in [-0.05, 0) is 32.3 Å². The minimum absolute atomic E-state index is 0.0779. The number of amides is 2. The Morgan fingerprint density at radius 3 is 2.67 bits per heavy atom. The maximum absolute atomic E-state index is 12.2. The van der Waals surface area contributed by atoms with Crippen LogP contribution in [0.15, 0.2) is 24.3 Å². The monoisotopic (exact) mass is 288 g/mol. The molecule has 0 saturated carbocycles. The molecule has 4 heteroatoms. The highest BCUT2D eigenvalue weighted by atomic mass is 16.2. The van der Waals surface area contributed by atoms with Crippen molar-refractivity contribution < 1.29 is 9.59 Å². The van der Waals surface area contributed by atoms with Crippen LogP contribution in [0.3, 0.4) is 0 Å². The summed E-state index contributed by atoms with van der Waals surface area (Å²) in [4.78, 5) is 26.0. The van der Waals surface area contributed by atoms with Crippen LogP contribution >= 0.6 is 0 Å². The zero-order valence-corrected chi connectivity index (χ0v) is 12.9. The first kappa shape index (κ1) is 15.5. The van der Waals surface area contributed by atoms with Crippen LogP contribution in [-0.4, -0.2) is 29.3 Å². The highest BCUT2D eigenvalue weighted by Gasteiger charge is 2.26. The average molecular weight is 288 g/mol. The highest BCUT2D eigenvalue weighted by Crippen LogP contribution is 2.14. The third-order valence-electron chi connectivity index (χ3n) is 4.04. The molecule has 21 heavy (non-hydrogen) atoms. The van der Waals surface area contributed by atoms with Crippen molar-refractivity contribution in [2.45, 2.75) is 52.1 Å². The molecule has 2 amide bonds. The molecule has 1 aliphatic heterocycles. The SMILES string of the molecule is Cc1ccc(CNC(=O)[C@H](C)N2CCCCCC2=O)cc1. The Labute approximate surface area is 126 Å². The summed E-state index contributed by atoms with van der Waals surface area (Å²) in [5.74, 6) is 0.0244. The Hall–Kier alpha value is -1.84. The Morgan fingerprint density at radius 2 is 1.95 bits per heavy atom. The molecule has 0 aliphatic carbocycles. The van der Waals surface area contributed by atoms with Crippen molar-refractivity contribution in [3.8, 4) is 0 Å². The van der Waals surface area contributed by atoms with Crippen molar-refractivity contribution in [3.63, 3.8) is 0 Å². The summed E-state index contributed by atoms with van der Waals surface area (Å²) in [7, 11) is 0. The molecular formula is C17H24N2O2. The van der Waals surface area contributed by atoms with E-state index in [2.05, 4.69) is 5.32 Å². The zero-order valence-electron chi connectivity index (χ0n) is 12.9. The molecule has 1 aliphatic rings. The fourth-order valence-corrected chi connectivity index (χ4v) is 2.60. The van der Waals surface area contributed by atoms with E-state index in [-0.39, 0.29) is 17.9 Å². The average Bonchev–Trinajstić information content (AvgIpc) is 2.70. The minimum Gasteiger partial charge on any atom is -0.350 e. The number of hydrogen-bond acceptors (Lipinski definition) is 2. The van der Waals surface area contributed by atoms with Gasteiger partial charge in [0.1, 0.15) is 6.04 Å². The molecule has 114 valence electrons. The number of likely N-dealkylation sites (tertiary alicyclic amines) is 1. The van der Waals surface area contributed by atoms with Gasteiger partial charge < -0.3 is 10.2 Å². The fraction of sp³-hybridized carbons (Fsp3) is 0.529. The number of aryl methyl sites for hydroxylation is 1. The van der Waals surface area contributed by atoms with Crippen LogP contribution in [0.25, 0.3) is 0 Å². The summed E-state index contributed by atoms with van der Waals surface area (Å²) in [5.41, 5.74) is 2.27. The largest absolute Gasteiger partial charge is 0.350 e. The van der Waals surface area contributed by atoms with Crippen molar-refractivity contribution in [2.24, 2.45) is 0 Å². The molecule has 1 heterocycles. The predicted molar refractivity (Wildman–Crippen MR) is 82.7 cm³/mol. The topological polar surface area (TPSA) is 49.4 Å². The summed E-state index contributed by atoms with van der Waals surface area (Å²) >= 11 is 0. The lowest BCUT2D eigenvalue weighted by Crippen LogP contribution is -2.47. The van der Waals surface area contributed by atoms with E-state index in [1.807, 2.05) is 38.1 Å². The van der Waals surface area contributed by atoms with E-state index in [1.54, 1.807) is 4.90 Å². The number of nitrogens with zero attached hydrogens (tertiary/aromatic N) is 1. The van der Waals surface area contributed by atoms with Crippen LogP contribution in [0.2, 0.25) is 0 Å². The van der Waals surface area contributed by atoms with E-state index in [0.29, 0.717) is 19.5 Å². The molecule has 0 bridgehead atoms. The van der Waals surface area contributed by atoms with E-state index >= 15 is 0 Å². The first-order valence-electron chi connectivity index (χ1n) is 7.70. The van der Waals surface area contributed by atoms with Crippen molar-refractivity contribution in [2.75, 3.05) is 6.54 Å². The first-order valence-corrected chi connectivity index (χ1v) is 7.70. The second kappa shape index (κ2) is 7.25. The Kier molecular flexibility index (Phi) is 5.37. The number of rotatable bonds is 4. The van der Waals surface area contributed by atoms with Crippen LogP contribution < -0.4 is 5.32 Å². The van der Waals surface area contributed by atoms with Gasteiger partial charge in [0.25, 0.3) is 0 Å². The summed E-state index contributed by atoms with van der Waals surface area (Å²) in [6.07, 6.45) is 3.56. The van der Waals surface area contributed by atoms with E-state index in [9.17, 15) is 9.59 Å². The van der Waals surface area contributed by atoms with Crippen LogP contribution in [0, 0.1) is 6.92 Å². The minimum atomic E-state index is -0.388. The molecule has 4 nitrogen and oxygen atoms in total. The normalized spacial score (nSPS) is 17.2. The predicted octanol–water partition coefficient (Wildman–Crippen LogP) is 2.40. The van der Waals surface area contributed by atoms with Crippen molar-refractivity contribution in [1.82, 2.24) is 10.2 Å². The third kappa shape index (κ3) is 4.31. The van der Waals surface area contributed by atoms with Gasteiger partial charge in [0.05, 0.1) is 0 Å². The van der Waals surface area contributed by atoms with E-state index in [1.165, 1.54) is 5.56 Å². The fourth-order valence-electron chi connectivity index (χ4n) is 2.60. The molecule has 1 N–H and O–H groups in total. The number of hydrogen-bond donors (Lipinski definition) is 1. The maximum Gasteiger partial charge on any atom is 0.242 e. The van der Waals surface area contributed by atoms with Crippen LogP contribution in [-0.2, 0) is 16.1 Å². The van der Waals surface area contributed by atoms with Crippen molar-refractivity contribution >= 4 is 11.8 Å². The summed E-state index contributed by atoms with van der Waals surface area (Å²) in [6.45, 7) is 5.05. The number of benzene rings is 1. The Bertz CT molecular complexity index is 496. The summed E-state index contributed by atoms with van der Waals surface area (Å²) in [6, 6.07) is 7.70. The molecule has 1 saturated heterocycles. The van der Waals surface area contributed by atoms with Crippen LogP contribution in [0.1, 0.15) is 43.7 Å². The smallest absolute Gasteiger partial charge is 0.242 e. The zero-order chi connectivity index (χ0) is 15.2. The molecule has 1 aromatic carbocycles. The van der Waals surface area contributed by atoms with Gasteiger partial charge in [0.15, 0.2) is 0 Å². The molecule has 2 rings (SSSR count). The third-order valence-corrected chi connectivity index (χ3v) is 4.04. The van der Waals surface area contributed by atoms with Crippen molar-refractivity contribution in [3.05, 3.63) is 35.4 Å². The lowest BCUT2D eigenvalue weighted by molar-refractivity contribution is -0.139. The van der Waals surface area contributed by atoms with Gasteiger partial charge in [0, 0.05) is 19.5 Å². The molecule has 1 aromatic rings. The van der Waals surface area contributed by atoms with Crippen molar-refractivity contribution in [1.29, 1.82) is 0 Å². The Balaban J connectivity index is 1.89. The summed E-state index contributed by atoms with van der Waals surface area (Å²) < 4.78 is 0. The molecule has 0 spiro atoms. The first-order chi connectivity index (χ1) is 10.1. The lowest BCUT2D eigenvalue weighted by atomic mass is 10.1. The highest BCUT2D eigenvalue weighted by molar-refractivity contribution is 5.87. The molecule has 0 aromatic heterocycles. The number of nitrogens with one attached hydrogen (secondary N) is 1. The van der Waals surface area contributed by atoms with Gasteiger partial charge in [-0.2, -0.15) is 0 Å². The van der Waals surface area contributed by atoms with Gasteiger partial charge >= 0.3 is 0 Å². The van der Waals surface area contributed by atoms with Gasteiger partial charge in [-0.3, -0.25) is 9.59 Å². The quantitative estimate of drug-likeness (QED) is 0.925. The molecule has 1 atom stereocenters. The van der Waals surface area contributed by atoms with Gasteiger partial charge in [-0.1, -0.05) is 36.2 Å². The van der Waals surface area contributed by atoms with Crippen LogP contribution in [0.5, 0.6) is 0 Å². The van der Waals surface area contributed by atoms with Crippen LogP contribution in [0.4, 0.5) is 0 Å². The second-order valence-electron chi connectivity index (χ2n) is 5.78. The number of carbonyl (C=O) groups is 2. The second-order valence-corrected chi connectivity index (χ2v) is 5.78. The maximum atomic E-state index is 12.2. The van der Waals surface area contributed by atoms with E-state index in [4.69, 9.17) is 0 Å². The van der Waals surface area contributed by atoms with Gasteiger partial charge in [-0.15, -0.1) is 0 Å². The van der Waals surface area contributed by atoms with Gasteiger partial charge in [0.2, 0.25) is 11.8 Å². The summed E-state index contributed by atoms with van der Waals surface area (Å²) in [5, 5.41) is 2.92. The molecule has 1 fully saturated rings.